The fraction of sp³-hybridized carbons (Fsp3) is 0.154. The van der Waals surface area contributed by atoms with Crippen LogP contribution in [-0.2, 0) is 21.1 Å². The first-order valence-corrected chi connectivity index (χ1v) is 20.2. The van der Waals surface area contributed by atoms with E-state index in [1.165, 1.54) is 38.8 Å². The summed E-state index contributed by atoms with van der Waals surface area (Å²) in [5.74, 6) is 1.21. The summed E-state index contributed by atoms with van der Waals surface area (Å²) in [7, 11) is 0. The number of benzene rings is 5. The van der Waals surface area contributed by atoms with Crippen LogP contribution in [0.5, 0.6) is 5.75 Å². The van der Waals surface area contributed by atoms with Gasteiger partial charge < -0.3 is 14.5 Å². The summed E-state index contributed by atoms with van der Waals surface area (Å²) in [6, 6.07) is 45.6. The Hall–Kier alpha value is -5.97. The van der Waals surface area contributed by atoms with Gasteiger partial charge in [0, 0.05) is 44.2 Å². The molecular weight excluding hydrogens is 902 g/mol. The molecule has 2 aromatic heterocycles. The molecule has 59 heavy (non-hydrogen) atoms. The first-order valence-electron chi connectivity index (χ1n) is 20.2. The summed E-state index contributed by atoms with van der Waals surface area (Å²) >= 11 is 0. The van der Waals surface area contributed by atoms with E-state index in [2.05, 4.69) is 160 Å². The number of hydrogen-bond donors (Lipinski definition) is 1. The van der Waals surface area contributed by atoms with Crippen LogP contribution < -0.4 is 11.1 Å². The topological polar surface area (TPSA) is 54.2 Å². The van der Waals surface area contributed by atoms with E-state index in [0.29, 0.717) is 11.4 Å². The molecule has 7 heteroatoms. The molecule has 294 valence electrons. The third-order valence-corrected chi connectivity index (χ3v) is 11.5. The standard InChI is InChI=1S/C52H46BN4O.Pt/c1-33(2)42-31-40(37-20-8-7-9-21-37)32-43(34(3)4)50(42)57-51-49(55-52(57)41-24-10-11-27-46(41)58)47(39-23-17-22-38(30-39)44-25-12-14-28-54-44)45-26-13-15-29-56(45)53(51)48-35(5)18-16-19-36(48)6;/h7-29,31-34,58H,1-6H3;/q-1;. The fourth-order valence-corrected chi connectivity index (χ4v) is 8.79. The zero-order valence-corrected chi connectivity index (χ0v) is 36.5. The van der Waals surface area contributed by atoms with Crippen molar-refractivity contribution >= 4 is 23.5 Å². The molecule has 5 aromatic carbocycles. The van der Waals surface area contributed by atoms with Gasteiger partial charge in [-0.1, -0.05) is 123 Å². The summed E-state index contributed by atoms with van der Waals surface area (Å²) in [6.07, 6.45) is 10.5. The van der Waals surface area contributed by atoms with E-state index in [-0.39, 0.29) is 45.5 Å². The van der Waals surface area contributed by atoms with Gasteiger partial charge in [0.05, 0.1) is 16.9 Å². The SMILES string of the molecule is Cc1cccc(C)c1B1c2c(nc(-c3ccccc3O)n2-c2c(C(C)C)cc(-c3ccccc3)cc2C(C)C)C(c2[c-]c(-c3ccccn3)ccc2)=C2C=CC=CN12.[Pt]. The van der Waals surface area contributed by atoms with Crippen LogP contribution in [0.25, 0.3) is 45.0 Å². The molecule has 0 aliphatic carbocycles. The van der Waals surface area contributed by atoms with Gasteiger partial charge in [0.25, 0.3) is 0 Å². The fourth-order valence-electron chi connectivity index (χ4n) is 8.79. The maximum atomic E-state index is 11.8. The van der Waals surface area contributed by atoms with Gasteiger partial charge in [0.1, 0.15) is 11.6 Å². The largest absolute Gasteiger partial charge is 0.507 e. The monoisotopic (exact) mass is 948 g/mol. The average Bonchev–Trinajstić information content (AvgIpc) is 3.62. The summed E-state index contributed by atoms with van der Waals surface area (Å²) in [5, 5.41) is 11.8. The molecule has 0 radical (unpaired) electrons. The first kappa shape index (κ1) is 39.8. The first-order chi connectivity index (χ1) is 28.2. The van der Waals surface area contributed by atoms with Crippen molar-refractivity contribution in [3.8, 4) is 45.2 Å². The molecule has 0 amide bonds. The van der Waals surface area contributed by atoms with Crippen molar-refractivity contribution in [3.63, 3.8) is 0 Å². The Kier molecular flexibility index (Phi) is 11.0. The van der Waals surface area contributed by atoms with Crippen LogP contribution in [0.1, 0.15) is 73.0 Å². The average molecular weight is 949 g/mol. The smallest absolute Gasteiger partial charge is 0.347 e. The second-order valence-corrected chi connectivity index (χ2v) is 16.0. The van der Waals surface area contributed by atoms with Crippen molar-refractivity contribution in [2.24, 2.45) is 0 Å². The number of phenols is 1. The number of hydrogen-bond acceptors (Lipinski definition) is 4. The Morgan fingerprint density at radius 1 is 0.695 bits per heavy atom. The predicted octanol–water partition coefficient (Wildman–Crippen LogP) is 10.9. The predicted molar refractivity (Wildman–Crippen MR) is 240 cm³/mol. The minimum atomic E-state index is -0.254. The number of imidazole rings is 1. The normalized spacial score (nSPS) is 13.2. The number of para-hydroxylation sites is 1. The van der Waals surface area contributed by atoms with Crippen molar-refractivity contribution in [3.05, 3.63) is 197 Å². The number of pyridine rings is 1. The van der Waals surface area contributed by atoms with Crippen LogP contribution in [0.3, 0.4) is 0 Å². The minimum absolute atomic E-state index is 0. The van der Waals surface area contributed by atoms with Gasteiger partial charge in [-0.2, -0.15) is 0 Å². The maximum Gasteiger partial charge on any atom is 0.347 e. The van der Waals surface area contributed by atoms with Crippen LogP contribution in [0.15, 0.2) is 158 Å². The molecular formula is C52H46BN4OPt-. The van der Waals surface area contributed by atoms with E-state index in [9.17, 15) is 5.11 Å². The molecule has 0 fully saturated rings. The second-order valence-electron chi connectivity index (χ2n) is 16.0. The zero-order valence-electron chi connectivity index (χ0n) is 34.2. The van der Waals surface area contributed by atoms with E-state index in [0.717, 1.165) is 45.1 Å². The molecule has 7 aromatic rings. The van der Waals surface area contributed by atoms with Crippen molar-refractivity contribution in [1.82, 2.24) is 19.3 Å². The molecule has 0 saturated carbocycles. The van der Waals surface area contributed by atoms with Crippen LogP contribution in [0, 0.1) is 19.9 Å². The molecule has 0 spiro atoms. The molecule has 0 unspecified atom stereocenters. The molecule has 2 aliphatic rings. The zero-order chi connectivity index (χ0) is 40.1. The molecule has 1 N–H and O–H groups in total. The van der Waals surface area contributed by atoms with Gasteiger partial charge >= 0.3 is 6.85 Å². The van der Waals surface area contributed by atoms with E-state index in [1.807, 2.05) is 42.6 Å². The van der Waals surface area contributed by atoms with Crippen molar-refractivity contribution in [2.75, 3.05) is 0 Å². The molecule has 5 nitrogen and oxygen atoms in total. The Bertz CT molecular complexity index is 2730. The van der Waals surface area contributed by atoms with Gasteiger partial charge in [0.2, 0.25) is 0 Å². The number of aromatic hydroxyl groups is 1. The van der Waals surface area contributed by atoms with Gasteiger partial charge in [-0.25, -0.2) is 4.98 Å². The van der Waals surface area contributed by atoms with Crippen molar-refractivity contribution in [2.45, 2.75) is 53.4 Å². The third kappa shape index (κ3) is 7.04. The number of aryl methyl sites for hydroxylation is 2. The van der Waals surface area contributed by atoms with Gasteiger partial charge in [-0.05, 0) is 108 Å². The Morgan fingerprint density at radius 2 is 1.36 bits per heavy atom. The number of rotatable bonds is 8. The van der Waals surface area contributed by atoms with E-state index < -0.39 is 0 Å². The number of fused-ring (bicyclic) bond motifs is 2. The summed E-state index contributed by atoms with van der Waals surface area (Å²) in [4.78, 5) is 12.9. The number of phenolic OH excluding ortho intramolecular Hbond substituents is 1. The van der Waals surface area contributed by atoms with Crippen molar-refractivity contribution < 1.29 is 26.2 Å². The summed E-state index contributed by atoms with van der Waals surface area (Å²) in [5.41, 5.74) is 16.8. The van der Waals surface area contributed by atoms with E-state index in [4.69, 9.17) is 9.97 Å². The van der Waals surface area contributed by atoms with E-state index in [1.54, 1.807) is 6.07 Å². The Morgan fingerprint density at radius 3 is 2.03 bits per heavy atom. The van der Waals surface area contributed by atoms with Crippen molar-refractivity contribution in [1.29, 1.82) is 0 Å². The molecule has 9 rings (SSSR count). The van der Waals surface area contributed by atoms with Gasteiger partial charge in [0.15, 0.2) is 0 Å². The minimum Gasteiger partial charge on any atom is -0.507 e. The number of nitrogens with zero attached hydrogens (tertiary/aromatic N) is 4. The van der Waals surface area contributed by atoms with Crippen LogP contribution in [0.4, 0.5) is 0 Å². The van der Waals surface area contributed by atoms with Crippen LogP contribution in [0.2, 0.25) is 0 Å². The molecule has 0 saturated heterocycles. The second kappa shape index (κ2) is 16.4. The molecule has 2 aliphatic heterocycles. The molecule has 0 atom stereocenters. The number of allylic oxidation sites excluding steroid dienone is 3. The van der Waals surface area contributed by atoms with Crippen LogP contribution in [-0.4, -0.2) is 31.3 Å². The van der Waals surface area contributed by atoms with E-state index >= 15 is 0 Å². The Balaban J connectivity index is 0.00000484. The maximum absolute atomic E-state index is 11.8. The summed E-state index contributed by atoms with van der Waals surface area (Å²) < 4.78 is 2.41. The third-order valence-electron chi connectivity index (χ3n) is 11.5. The molecule has 4 heterocycles. The Labute approximate surface area is 362 Å². The summed E-state index contributed by atoms with van der Waals surface area (Å²) in [6.45, 7) is 13.3. The number of aromatic nitrogens is 3. The van der Waals surface area contributed by atoms with Gasteiger partial charge in [-0.3, -0.25) is 4.98 Å². The van der Waals surface area contributed by atoms with Gasteiger partial charge in [-0.15, -0.1) is 29.8 Å². The quantitative estimate of drug-likeness (QED) is 0.122. The molecule has 0 bridgehead atoms. The van der Waals surface area contributed by atoms with Crippen LogP contribution >= 0.6 is 0 Å².